The Bertz CT molecular complexity index is 1180. The molecule has 0 aliphatic rings. The van der Waals surface area contributed by atoms with E-state index in [2.05, 4.69) is 10.3 Å². The lowest BCUT2D eigenvalue weighted by atomic mass is 10.1. The Hall–Kier alpha value is -3.27. The summed E-state index contributed by atoms with van der Waals surface area (Å²) in [5.41, 5.74) is 0.499. The van der Waals surface area contributed by atoms with Crippen LogP contribution in [-0.4, -0.2) is 64.5 Å². The van der Waals surface area contributed by atoms with Crippen molar-refractivity contribution in [3.8, 4) is 0 Å². The van der Waals surface area contributed by atoms with Crippen LogP contribution in [0.25, 0.3) is 10.8 Å². The van der Waals surface area contributed by atoms with Crippen molar-refractivity contribution >= 4 is 40.2 Å². The lowest BCUT2D eigenvalue weighted by Crippen LogP contribution is -2.43. The number of hydrogen-bond donors (Lipinski definition) is 3. The number of carbonyl (C=O) groups excluding carboxylic acids is 2. The number of fused-ring (bicyclic) bond motifs is 1. The van der Waals surface area contributed by atoms with Crippen LogP contribution in [0.3, 0.4) is 0 Å². The van der Waals surface area contributed by atoms with Crippen molar-refractivity contribution in [2.24, 2.45) is 0 Å². The van der Waals surface area contributed by atoms with E-state index in [9.17, 15) is 24.2 Å². The van der Waals surface area contributed by atoms with Crippen LogP contribution in [-0.2, 0) is 16.0 Å². The summed E-state index contributed by atoms with van der Waals surface area (Å²) in [6, 6.07) is 12.9. The maximum absolute atomic E-state index is 13.6. The van der Waals surface area contributed by atoms with E-state index < -0.39 is 30.7 Å². The highest BCUT2D eigenvalue weighted by molar-refractivity contribution is 6.31. The number of amides is 2. The number of aryl methyl sites for hydroxylation is 1. The maximum Gasteiger partial charge on any atom is 0.412 e. The molecule has 2 aromatic carbocycles. The van der Waals surface area contributed by atoms with E-state index in [4.69, 9.17) is 16.3 Å². The number of nitrogens with zero attached hydrogens (tertiary/aromatic N) is 2. The normalized spacial score (nSPS) is 12.7. The van der Waals surface area contributed by atoms with E-state index in [1.54, 1.807) is 18.3 Å². The van der Waals surface area contributed by atoms with E-state index in [1.807, 2.05) is 24.3 Å². The van der Waals surface area contributed by atoms with E-state index in [1.165, 1.54) is 24.1 Å². The summed E-state index contributed by atoms with van der Waals surface area (Å²) in [5, 5.41) is 23.5. The predicted molar refractivity (Wildman–Crippen MR) is 131 cm³/mol. The lowest BCUT2D eigenvalue weighted by molar-refractivity contribution is -0.133. The van der Waals surface area contributed by atoms with Gasteiger partial charge >= 0.3 is 6.09 Å². The first-order valence-corrected chi connectivity index (χ1v) is 11.4. The van der Waals surface area contributed by atoms with E-state index >= 15 is 0 Å². The fourth-order valence-electron chi connectivity index (χ4n) is 3.55. The van der Waals surface area contributed by atoms with Gasteiger partial charge in [0.05, 0.1) is 23.8 Å². The molecule has 0 bridgehead atoms. The number of likely N-dealkylation sites (N-methyl/N-ethyl adjacent to an activating group) is 1. The molecule has 3 aromatic rings. The molecule has 1 heterocycles. The molecule has 0 unspecified atom stereocenters. The Labute approximate surface area is 207 Å². The van der Waals surface area contributed by atoms with Gasteiger partial charge in [0.25, 0.3) is 0 Å². The van der Waals surface area contributed by atoms with Gasteiger partial charge in [0.1, 0.15) is 18.2 Å². The highest BCUT2D eigenvalue weighted by atomic mass is 35.5. The molecule has 0 saturated carbocycles. The van der Waals surface area contributed by atoms with Crippen molar-refractivity contribution in [3.63, 3.8) is 0 Å². The van der Waals surface area contributed by atoms with Gasteiger partial charge in [-0.2, -0.15) is 0 Å². The third kappa shape index (κ3) is 7.35. The van der Waals surface area contributed by atoms with Crippen molar-refractivity contribution in [1.82, 2.24) is 9.88 Å². The highest BCUT2D eigenvalue weighted by Gasteiger charge is 2.24. The molecular formula is C25H27ClFN3O5. The first-order valence-electron chi connectivity index (χ1n) is 11.0. The summed E-state index contributed by atoms with van der Waals surface area (Å²) in [7, 11) is 1.51. The van der Waals surface area contributed by atoms with Crippen LogP contribution >= 0.6 is 11.6 Å². The van der Waals surface area contributed by atoms with Gasteiger partial charge in [0, 0.05) is 25.1 Å². The number of nitrogens with one attached hydrogen (secondary N) is 1. The molecule has 10 heteroatoms. The summed E-state index contributed by atoms with van der Waals surface area (Å²) in [4.78, 5) is 30.6. The summed E-state index contributed by atoms with van der Waals surface area (Å²) in [6.07, 6.45) is -0.0305. The number of aliphatic hydroxyl groups is 2. The number of pyridine rings is 1. The van der Waals surface area contributed by atoms with Crippen LogP contribution in [0.1, 0.15) is 18.4 Å². The van der Waals surface area contributed by atoms with Crippen molar-refractivity contribution < 1.29 is 28.9 Å². The zero-order valence-electron chi connectivity index (χ0n) is 19.2. The van der Waals surface area contributed by atoms with Crippen molar-refractivity contribution in [3.05, 3.63) is 71.1 Å². The summed E-state index contributed by atoms with van der Waals surface area (Å²) in [5.74, 6) is -0.577. The average Bonchev–Trinajstić information content (AvgIpc) is 2.86. The van der Waals surface area contributed by atoms with Gasteiger partial charge in [-0.15, -0.1) is 0 Å². The third-order valence-electron chi connectivity index (χ3n) is 5.60. The number of hydrogen-bond acceptors (Lipinski definition) is 6. The maximum atomic E-state index is 13.6. The molecule has 35 heavy (non-hydrogen) atoms. The van der Waals surface area contributed by atoms with E-state index in [-0.39, 0.29) is 36.8 Å². The monoisotopic (exact) mass is 503 g/mol. The Balaban J connectivity index is 1.59. The molecule has 0 fully saturated rings. The van der Waals surface area contributed by atoms with Crippen LogP contribution in [0.2, 0.25) is 5.02 Å². The Morgan fingerprint density at radius 2 is 1.94 bits per heavy atom. The minimum atomic E-state index is -1.11. The first-order chi connectivity index (χ1) is 16.8. The topological polar surface area (TPSA) is 112 Å². The van der Waals surface area contributed by atoms with Gasteiger partial charge in [0.15, 0.2) is 0 Å². The van der Waals surface area contributed by atoms with Gasteiger partial charge in [0.2, 0.25) is 5.91 Å². The molecule has 0 aliphatic carbocycles. The number of rotatable bonds is 10. The molecule has 0 saturated heterocycles. The summed E-state index contributed by atoms with van der Waals surface area (Å²) >= 11 is 5.96. The molecule has 1 aromatic heterocycles. The van der Waals surface area contributed by atoms with Gasteiger partial charge in [-0.1, -0.05) is 48.0 Å². The molecule has 3 rings (SSSR count). The van der Waals surface area contributed by atoms with Crippen LogP contribution in [0.4, 0.5) is 15.0 Å². The van der Waals surface area contributed by atoms with Gasteiger partial charge in [-0.25, -0.2) is 14.2 Å². The van der Waals surface area contributed by atoms with E-state index in [0.717, 1.165) is 10.8 Å². The third-order valence-corrected chi connectivity index (χ3v) is 6.03. The highest BCUT2D eigenvalue weighted by Crippen LogP contribution is 2.22. The van der Waals surface area contributed by atoms with Gasteiger partial charge < -0.3 is 19.8 Å². The fraction of sp³-hybridized carbons (Fsp3) is 0.320. The number of halogens is 2. The number of carbonyl (C=O) groups is 2. The standard InChI is InChI=1S/C25H27ClFN3O5/c1-30(23(33)10-9-16-7-4-8-21(27)24(16)26)19(12-20(32)14-31)15-35-25(34)29-22-11-17-5-2-3-6-18(17)13-28-22/h2-8,11,13,19-20,31-32H,9-10,12,14-15H2,1H3,(H,28,29,34)/t19-,20-/m0/s1. The summed E-state index contributed by atoms with van der Waals surface area (Å²) < 4.78 is 18.9. The van der Waals surface area contributed by atoms with Gasteiger partial charge in [-0.05, 0) is 35.9 Å². The van der Waals surface area contributed by atoms with Crippen LogP contribution in [0, 0.1) is 5.82 Å². The van der Waals surface area contributed by atoms with E-state index in [0.29, 0.717) is 11.4 Å². The minimum Gasteiger partial charge on any atom is -0.447 e. The SMILES string of the molecule is CN(C(=O)CCc1cccc(F)c1Cl)[C@H](COC(=O)Nc1cc2ccccc2cn1)C[C@H](O)CO. The molecule has 0 radical (unpaired) electrons. The average molecular weight is 504 g/mol. The van der Waals surface area contributed by atoms with Crippen LogP contribution in [0.5, 0.6) is 0 Å². The molecule has 3 N–H and O–H groups in total. The first kappa shape index (κ1) is 26.3. The molecular weight excluding hydrogens is 477 g/mol. The number of aromatic nitrogens is 1. The number of aliphatic hydroxyl groups excluding tert-OH is 2. The molecule has 8 nitrogen and oxygen atoms in total. The lowest BCUT2D eigenvalue weighted by Gasteiger charge is -2.29. The quantitative estimate of drug-likeness (QED) is 0.388. The number of benzene rings is 2. The molecule has 0 aliphatic heterocycles. The summed E-state index contributed by atoms with van der Waals surface area (Å²) in [6.45, 7) is -0.732. The zero-order valence-corrected chi connectivity index (χ0v) is 19.9. The Morgan fingerprint density at radius 3 is 2.69 bits per heavy atom. The Morgan fingerprint density at radius 1 is 1.20 bits per heavy atom. The molecule has 2 atom stereocenters. The Kier molecular flexibility index (Phi) is 9.36. The second kappa shape index (κ2) is 12.4. The second-order valence-electron chi connectivity index (χ2n) is 8.08. The molecule has 186 valence electrons. The minimum absolute atomic E-state index is 0.0129. The number of anilines is 1. The van der Waals surface area contributed by atoms with Gasteiger partial charge in [-0.3, -0.25) is 10.1 Å². The second-order valence-corrected chi connectivity index (χ2v) is 8.46. The molecule has 0 spiro atoms. The van der Waals surface area contributed by atoms with Crippen molar-refractivity contribution in [2.75, 3.05) is 25.6 Å². The zero-order chi connectivity index (χ0) is 25.4. The van der Waals surface area contributed by atoms with Crippen molar-refractivity contribution in [1.29, 1.82) is 0 Å². The fourth-order valence-corrected chi connectivity index (χ4v) is 3.77. The predicted octanol–water partition coefficient (Wildman–Crippen LogP) is 3.78. The van der Waals surface area contributed by atoms with Crippen molar-refractivity contribution in [2.45, 2.75) is 31.4 Å². The van der Waals surface area contributed by atoms with Crippen LogP contribution in [0.15, 0.2) is 54.7 Å². The number of ether oxygens (including phenoxy) is 1. The smallest absolute Gasteiger partial charge is 0.412 e. The van der Waals surface area contributed by atoms with Crippen LogP contribution < -0.4 is 5.32 Å². The largest absolute Gasteiger partial charge is 0.447 e. The molecule has 2 amide bonds.